The molecule has 3 nitrogen and oxygen atoms in total. The normalized spacial score (nSPS) is 24.3. The molecule has 0 amide bonds. The van der Waals surface area contributed by atoms with E-state index in [1.54, 1.807) is 6.20 Å². The van der Waals surface area contributed by atoms with Gasteiger partial charge in [-0.3, -0.25) is 0 Å². The Labute approximate surface area is 116 Å². The Hall–Kier alpha value is -0.680. The van der Waals surface area contributed by atoms with Crippen LogP contribution < -0.4 is 10.6 Å². The van der Waals surface area contributed by atoms with Crippen LogP contribution in [0.15, 0.2) is 16.7 Å². The SMILES string of the molecule is CCC1CCN(c2ncc(Br)cc2F)C(CN)C1. The summed E-state index contributed by atoms with van der Waals surface area (Å²) in [6.07, 6.45) is 4.92. The quantitative estimate of drug-likeness (QED) is 0.932. The molecule has 1 aliphatic heterocycles. The predicted molar refractivity (Wildman–Crippen MR) is 75.1 cm³/mol. The molecular formula is C13H19BrFN3. The first-order valence-corrected chi connectivity index (χ1v) is 7.22. The Morgan fingerprint density at radius 1 is 1.61 bits per heavy atom. The number of piperidine rings is 1. The van der Waals surface area contributed by atoms with Crippen LogP contribution in [0, 0.1) is 11.7 Å². The van der Waals surface area contributed by atoms with Crippen LogP contribution in [-0.4, -0.2) is 24.1 Å². The first kappa shape index (κ1) is 13.7. The number of hydrogen-bond acceptors (Lipinski definition) is 3. The number of hydrogen-bond donors (Lipinski definition) is 1. The van der Waals surface area contributed by atoms with E-state index < -0.39 is 0 Å². The standard InChI is InChI=1S/C13H19BrFN3/c1-2-9-3-4-18(11(5-9)7-16)13-12(15)6-10(14)8-17-13/h6,8-9,11H,2-5,7,16H2,1H3. The lowest BCUT2D eigenvalue weighted by Crippen LogP contribution is -2.47. The van der Waals surface area contributed by atoms with Gasteiger partial charge in [0.15, 0.2) is 11.6 Å². The van der Waals surface area contributed by atoms with Crippen LogP contribution in [0.1, 0.15) is 26.2 Å². The molecule has 0 bridgehead atoms. The lowest BCUT2D eigenvalue weighted by atomic mass is 9.89. The molecule has 1 fully saturated rings. The van der Waals surface area contributed by atoms with Gasteiger partial charge in [-0.25, -0.2) is 9.37 Å². The molecule has 2 heterocycles. The van der Waals surface area contributed by atoms with Gasteiger partial charge in [-0.2, -0.15) is 0 Å². The monoisotopic (exact) mass is 315 g/mol. The summed E-state index contributed by atoms with van der Waals surface area (Å²) in [5.74, 6) is 0.856. The van der Waals surface area contributed by atoms with Crippen molar-refractivity contribution >= 4 is 21.7 Å². The molecular weight excluding hydrogens is 297 g/mol. The van der Waals surface area contributed by atoms with Crippen molar-refractivity contribution in [2.24, 2.45) is 11.7 Å². The summed E-state index contributed by atoms with van der Waals surface area (Å²) in [7, 11) is 0. The highest BCUT2D eigenvalue weighted by Crippen LogP contribution is 2.30. The zero-order valence-electron chi connectivity index (χ0n) is 10.6. The van der Waals surface area contributed by atoms with Crippen molar-refractivity contribution in [2.75, 3.05) is 18.0 Å². The van der Waals surface area contributed by atoms with Crippen LogP contribution in [0.5, 0.6) is 0 Å². The van der Waals surface area contributed by atoms with Gasteiger partial charge in [-0.1, -0.05) is 13.3 Å². The van der Waals surface area contributed by atoms with Gasteiger partial charge in [0.1, 0.15) is 0 Å². The van der Waals surface area contributed by atoms with Crippen molar-refractivity contribution in [3.05, 3.63) is 22.6 Å². The fourth-order valence-electron chi connectivity index (χ4n) is 2.63. The van der Waals surface area contributed by atoms with E-state index in [0.717, 1.165) is 19.4 Å². The molecule has 18 heavy (non-hydrogen) atoms. The molecule has 1 aromatic rings. The molecule has 0 radical (unpaired) electrons. The minimum atomic E-state index is -0.280. The summed E-state index contributed by atoms with van der Waals surface area (Å²) < 4.78 is 14.6. The van der Waals surface area contributed by atoms with E-state index in [-0.39, 0.29) is 11.9 Å². The zero-order valence-corrected chi connectivity index (χ0v) is 12.2. The molecule has 0 aromatic carbocycles. The minimum absolute atomic E-state index is 0.201. The number of anilines is 1. The third-order valence-electron chi connectivity index (χ3n) is 3.73. The number of halogens is 2. The zero-order chi connectivity index (χ0) is 13.1. The van der Waals surface area contributed by atoms with E-state index in [2.05, 4.69) is 27.8 Å². The maximum absolute atomic E-state index is 13.9. The van der Waals surface area contributed by atoms with Gasteiger partial charge in [0.2, 0.25) is 0 Å². The first-order chi connectivity index (χ1) is 8.65. The van der Waals surface area contributed by atoms with E-state index in [1.165, 1.54) is 12.5 Å². The van der Waals surface area contributed by atoms with Crippen molar-refractivity contribution in [1.29, 1.82) is 0 Å². The molecule has 0 saturated carbocycles. The summed E-state index contributed by atoms with van der Waals surface area (Å²) in [6.45, 7) is 3.59. The molecule has 1 aromatic heterocycles. The van der Waals surface area contributed by atoms with Crippen LogP contribution in [0.2, 0.25) is 0 Å². The van der Waals surface area contributed by atoms with Crippen molar-refractivity contribution in [3.63, 3.8) is 0 Å². The van der Waals surface area contributed by atoms with Crippen LogP contribution in [-0.2, 0) is 0 Å². The van der Waals surface area contributed by atoms with Gasteiger partial charge in [0, 0.05) is 29.8 Å². The lowest BCUT2D eigenvalue weighted by molar-refractivity contribution is 0.332. The Balaban J connectivity index is 2.21. The Bertz CT molecular complexity index is 413. The Morgan fingerprint density at radius 3 is 3.00 bits per heavy atom. The predicted octanol–water partition coefficient (Wildman–Crippen LogP) is 2.94. The highest BCUT2D eigenvalue weighted by atomic mass is 79.9. The average molecular weight is 316 g/mol. The van der Waals surface area contributed by atoms with Gasteiger partial charge in [-0.05, 0) is 40.8 Å². The Morgan fingerprint density at radius 2 is 2.39 bits per heavy atom. The maximum Gasteiger partial charge on any atom is 0.166 e. The third kappa shape index (κ3) is 2.83. The largest absolute Gasteiger partial charge is 0.350 e. The molecule has 0 aliphatic carbocycles. The van der Waals surface area contributed by atoms with Gasteiger partial charge >= 0.3 is 0 Å². The second-order valence-corrected chi connectivity index (χ2v) is 5.76. The van der Waals surface area contributed by atoms with Crippen LogP contribution in [0.3, 0.4) is 0 Å². The van der Waals surface area contributed by atoms with E-state index in [9.17, 15) is 4.39 Å². The number of rotatable bonds is 3. The average Bonchev–Trinajstić information content (AvgIpc) is 2.38. The second kappa shape index (κ2) is 5.97. The fourth-order valence-corrected chi connectivity index (χ4v) is 2.93. The van der Waals surface area contributed by atoms with E-state index in [4.69, 9.17) is 5.73 Å². The molecule has 2 N–H and O–H groups in total. The molecule has 2 rings (SSSR count). The van der Waals surface area contributed by atoms with Gasteiger partial charge < -0.3 is 10.6 Å². The number of aromatic nitrogens is 1. The van der Waals surface area contributed by atoms with E-state index >= 15 is 0 Å². The van der Waals surface area contributed by atoms with Crippen LogP contribution >= 0.6 is 15.9 Å². The molecule has 1 aliphatic rings. The van der Waals surface area contributed by atoms with Crippen molar-refractivity contribution in [1.82, 2.24) is 4.98 Å². The summed E-state index contributed by atoms with van der Waals surface area (Å²) in [6, 6.07) is 1.66. The van der Waals surface area contributed by atoms with Crippen molar-refractivity contribution < 1.29 is 4.39 Å². The van der Waals surface area contributed by atoms with Crippen LogP contribution in [0.25, 0.3) is 0 Å². The van der Waals surface area contributed by atoms with Gasteiger partial charge in [-0.15, -0.1) is 0 Å². The van der Waals surface area contributed by atoms with Crippen molar-refractivity contribution in [2.45, 2.75) is 32.2 Å². The van der Waals surface area contributed by atoms with Crippen molar-refractivity contribution in [3.8, 4) is 0 Å². The van der Waals surface area contributed by atoms with Gasteiger partial charge in [0.25, 0.3) is 0 Å². The molecule has 5 heteroatoms. The summed E-state index contributed by atoms with van der Waals surface area (Å²) >= 11 is 3.23. The van der Waals surface area contributed by atoms with Crippen LogP contribution in [0.4, 0.5) is 10.2 Å². The number of nitrogens with two attached hydrogens (primary N) is 1. The highest BCUT2D eigenvalue weighted by molar-refractivity contribution is 9.10. The molecule has 0 spiro atoms. The molecule has 1 saturated heterocycles. The van der Waals surface area contributed by atoms with Gasteiger partial charge in [0.05, 0.1) is 0 Å². The second-order valence-electron chi connectivity index (χ2n) is 4.84. The first-order valence-electron chi connectivity index (χ1n) is 6.43. The number of nitrogens with zero attached hydrogens (tertiary/aromatic N) is 2. The summed E-state index contributed by atoms with van der Waals surface area (Å²) in [4.78, 5) is 6.22. The fraction of sp³-hybridized carbons (Fsp3) is 0.615. The topological polar surface area (TPSA) is 42.2 Å². The summed E-state index contributed by atoms with van der Waals surface area (Å²) in [5, 5.41) is 0. The Kier molecular flexibility index (Phi) is 4.56. The third-order valence-corrected chi connectivity index (χ3v) is 4.17. The molecule has 2 unspecified atom stereocenters. The van der Waals surface area contributed by atoms with E-state index in [1.807, 2.05) is 4.90 Å². The maximum atomic E-state index is 13.9. The number of pyridine rings is 1. The molecule has 100 valence electrons. The highest BCUT2D eigenvalue weighted by Gasteiger charge is 2.29. The summed E-state index contributed by atoms with van der Waals surface area (Å²) in [5.41, 5.74) is 5.83. The van der Waals surface area contributed by atoms with E-state index in [0.29, 0.717) is 22.8 Å². The molecule has 2 atom stereocenters. The smallest absolute Gasteiger partial charge is 0.166 e. The minimum Gasteiger partial charge on any atom is -0.350 e. The lowest BCUT2D eigenvalue weighted by Gasteiger charge is -2.39.